The number of rotatable bonds is 3. The summed E-state index contributed by atoms with van der Waals surface area (Å²) in [6.07, 6.45) is 0. The summed E-state index contributed by atoms with van der Waals surface area (Å²) in [7, 11) is 0. The molecule has 0 heterocycles. The summed E-state index contributed by atoms with van der Waals surface area (Å²) in [6, 6.07) is 10.1. The summed E-state index contributed by atoms with van der Waals surface area (Å²) >= 11 is 0. The van der Waals surface area contributed by atoms with Crippen LogP contribution in [0.15, 0.2) is 36.4 Å². The van der Waals surface area contributed by atoms with Crippen molar-refractivity contribution in [2.45, 2.75) is 26.8 Å². The zero-order chi connectivity index (χ0) is 14.0. The van der Waals surface area contributed by atoms with E-state index >= 15 is 0 Å². The van der Waals surface area contributed by atoms with E-state index < -0.39 is 11.6 Å². The van der Waals surface area contributed by atoms with E-state index in [9.17, 15) is 8.78 Å². The van der Waals surface area contributed by atoms with E-state index in [2.05, 4.69) is 11.4 Å². The fraction of sp³-hybridized carbons (Fsp3) is 0.250. The summed E-state index contributed by atoms with van der Waals surface area (Å²) < 4.78 is 26.1. The zero-order valence-corrected chi connectivity index (χ0v) is 11.3. The smallest absolute Gasteiger partial charge is 0.159 e. The van der Waals surface area contributed by atoms with Gasteiger partial charge in [-0.3, -0.25) is 0 Å². The van der Waals surface area contributed by atoms with Gasteiger partial charge in [-0.25, -0.2) is 8.78 Å². The van der Waals surface area contributed by atoms with Crippen molar-refractivity contribution >= 4 is 5.69 Å². The van der Waals surface area contributed by atoms with Crippen LogP contribution in [0.3, 0.4) is 0 Å². The van der Waals surface area contributed by atoms with E-state index in [0.29, 0.717) is 0 Å². The van der Waals surface area contributed by atoms with E-state index in [1.54, 1.807) is 6.07 Å². The lowest BCUT2D eigenvalue weighted by Crippen LogP contribution is -2.07. The maximum absolute atomic E-state index is 13.2. The number of hydrogen-bond acceptors (Lipinski definition) is 1. The molecule has 0 saturated heterocycles. The molecule has 1 unspecified atom stereocenters. The van der Waals surface area contributed by atoms with E-state index in [1.807, 2.05) is 32.9 Å². The molecule has 0 aromatic heterocycles. The number of nitrogens with one attached hydrogen (secondary N) is 1. The maximum Gasteiger partial charge on any atom is 0.159 e. The lowest BCUT2D eigenvalue weighted by Gasteiger charge is -2.17. The number of halogens is 2. The number of anilines is 1. The van der Waals surface area contributed by atoms with Crippen LogP contribution in [0.25, 0.3) is 0 Å². The van der Waals surface area contributed by atoms with Gasteiger partial charge in [0.1, 0.15) is 0 Å². The minimum absolute atomic E-state index is 0.0868. The van der Waals surface area contributed by atoms with E-state index in [4.69, 9.17) is 0 Å². The highest BCUT2D eigenvalue weighted by Gasteiger charge is 2.09. The summed E-state index contributed by atoms with van der Waals surface area (Å²) in [4.78, 5) is 0. The first-order chi connectivity index (χ1) is 8.95. The third kappa shape index (κ3) is 3.31. The highest BCUT2D eigenvalue weighted by molar-refractivity contribution is 5.50. The Kier molecular flexibility index (Phi) is 3.84. The van der Waals surface area contributed by atoms with E-state index in [-0.39, 0.29) is 6.04 Å². The Morgan fingerprint density at radius 1 is 0.895 bits per heavy atom. The van der Waals surface area contributed by atoms with Gasteiger partial charge in [0.25, 0.3) is 0 Å². The second kappa shape index (κ2) is 5.39. The van der Waals surface area contributed by atoms with Crippen LogP contribution in [0.1, 0.15) is 29.7 Å². The molecule has 2 aromatic rings. The van der Waals surface area contributed by atoms with Gasteiger partial charge >= 0.3 is 0 Å². The van der Waals surface area contributed by atoms with Crippen molar-refractivity contribution in [2.75, 3.05) is 5.32 Å². The average Bonchev–Trinajstić information content (AvgIpc) is 2.31. The predicted octanol–water partition coefficient (Wildman–Crippen LogP) is 4.75. The third-order valence-corrected chi connectivity index (χ3v) is 3.05. The van der Waals surface area contributed by atoms with Crippen LogP contribution in [0.4, 0.5) is 14.5 Å². The van der Waals surface area contributed by atoms with Crippen LogP contribution < -0.4 is 5.32 Å². The van der Waals surface area contributed by atoms with Crippen molar-refractivity contribution < 1.29 is 8.78 Å². The molecule has 0 fully saturated rings. The van der Waals surface area contributed by atoms with Crippen molar-refractivity contribution in [2.24, 2.45) is 0 Å². The molecule has 2 rings (SSSR count). The molecule has 0 aliphatic heterocycles. The Morgan fingerprint density at radius 3 is 2.11 bits per heavy atom. The monoisotopic (exact) mass is 261 g/mol. The van der Waals surface area contributed by atoms with Crippen molar-refractivity contribution in [3.8, 4) is 0 Å². The Hall–Kier alpha value is -1.90. The molecule has 1 nitrogen and oxygen atoms in total. The summed E-state index contributed by atoms with van der Waals surface area (Å²) in [5, 5.41) is 3.30. The van der Waals surface area contributed by atoms with Gasteiger partial charge in [-0.15, -0.1) is 0 Å². The quantitative estimate of drug-likeness (QED) is 0.840. The first-order valence-corrected chi connectivity index (χ1v) is 6.25. The van der Waals surface area contributed by atoms with Crippen LogP contribution in [-0.2, 0) is 0 Å². The lowest BCUT2D eigenvalue weighted by molar-refractivity contribution is 0.506. The Morgan fingerprint density at radius 2 is 1.53 bits per heavy atom. The maximum atomic E-state index is 13.2. The molecule has 19 heavy (non-hydrogen) atoms. The summed E-state index contributed by atoms with van der Waals surface area (Å²) in [6.45, 7) is 5.98. The van der Waals surface area contributed by atoms with Crippen LogP contribution >= 0.6 is 0 Å². The van der Waals surface area contributed by atoms with Crippen LogP contribution in [0, 0.1) is 25.5 Å². The molecular weight excluding hydrogens is 244 g/mol. The molecular formula is C16H17F2N. The van der Waals surface area contributed by atoms with Crippen LogP contribution in [0.2, 0.25) is 0 Å². The van der Waals surface area contributed by atoms with Gasteiger partial charge in [-0.05, 0) is 61.7 Å². The number of benzene rings is 2. The molecule has 0 aliphatic rings. The predicted molar refractivity (Wildman–Crippen MR) is 74.3 cm³/mol. The largest absolute Gasteiger partial charge is 0.379 e. The SMILES string of the molecule is Cc1cc(C)cc(NC(C)c2ccc(F)c(F)c2)c1. The van der Waals surface area contributed by atoms with E-state index in [0.717, 1.165) is 17.3 Å². The highest BCUT2D eigenvalue weighted by atomic mass is 19.2. The third-order valence-electron chi connectivity index (χ3n) is 3.05. The topological polar surface area (TPSA) is 12.0 Å². The number of aryl methyl sites for hydroxylation is 2. The zero-order valence-electron chi connectivity index (χ0n) is 11.3. The van der Waals surface area contributed by atoms with Gasteiger partial charge in [-0.1, -0.05) is 12.1 Å². The standard InChI is InChI=1S/C16H17F2N/c1-10-6-11(2)8-14(7-10)19-12(3)13-4-5-15(17)16(18)9-13/h4-9,12,19H,1-3H3. The van der Waals surface area contributed by atoms with Gasteiger partial charge in [0, 0.05) is 11.7 Å². The molecule has 2 aromatic carbocycles. The van der Waals surface area contributed by atoms with E-state index in [1.165, 1.54) is 17.2 Å². The molecule has 1 atom stereocenters. The molecule has 1 N–H and O–H groups in total. The average molecular weight is 261 g/mol. The van der Waals surface area contributed by atoms with Gasteiger partial charge in [0.15, 0.2) is 11.6 Å². The molecule has 0 spiro atoms. The fourth-order valence-corrected chi connectivity index (χ4v) is 2.17. The van der Waals surface area contributed by atoms with Gasteiger partial charge in [0.2, 0.25) is 0 Å². The lowest BCUT2D eigenvalue weighted by atomic mass is 10.1. The van der Waals surface area contributed by atoms with Gasteiger partial charge < -0.3 is 5.32 Å². The van der Waals surface area contributed by atoms with Crippen molar-refractivity contribution in [1.29, 1.82) is 0 Å². The van der Waals surface area contributed by atoms with Crippen molar-refractivity contribution in [3.05, 3.63) is 64.7 Å². The summed E-state index contributed by atoms with van der Waals surface area (Å²) in [5.74, 6) is -1.63. The molecule has 0 aliphatic carbocycles. The number of hydrogen-bond donors (Lipinski definition) is 1. The summed E-state index contributed by atoms with van der Waals surface area (Å²) in [5.41, 5.74) is 4.03. The van der Waals surface area contributed by atoms with Gasteiger partial charge in [0.05, 0.1) is 0 Å². The first-order valence-electron chi connectivity index (χ1n) is 6.25. The molecule has 0 saturated carbocycles. The first kappa shape index (κ1) is 13.5. The molecule has 0 amide bonds. The molecule has 0 bridgehead atoms. The Bertz CT molecular complexity index is 573. The highest BCUT2D eigenvalue weighted by Crippen LogP contribution is 2.22. The Labute approximate surface area is 112 Å². The molecule has 3 heteroatoms. The Balaban J connectivity index is 2.20. The van der Waals surface area contributed by atoms with Crippen molar-refractivity contribution in [1.82, 2.24) is 0 Å². The van der Waals surface area contributed by atoms with Crippen LogP contribution in [0.5, 0.6) is 0 Å². The molecule has 0 radical (unpaired) electrons. The second-order valence-corrected chi connectivity index (χ2v) is 4.92. The minimum Gasteiger partial charge on any atom is -0.379 e. The minimum atomic E-state index is -0.817. The van der Waals surface area contributed by atoms with Crippen LogP contribution in [-0.4, -0.2) is 0 Å². The molecule has 100 valence electrons. The normalized spacial score (nSPS) is 12.3. The fourth-order valence-electron chi connectivity index (χ4n) is 2.17. The second-order valence-electron chi connectivity index (χ2n) is 4.92. The van der Waals surface area contributed by atoms with Crippen molar-refractivity contribution in [3.63, 3.8) is 0 Å². The van der Waals surface area contributed by atoms with Gasteiger partial charge in [-0.2, -0.15) is 0 Å².